The largest absolute Gasteiger partial charge is 0.392 e. The van der Waals surface area contributed by atoms with E-state index in [2.05, 4.69) is 0 Å². The van der Waals surface area contributed by atoms with Gasteiger partial charge in [0.2, 0.25) is 5.91 Å². The van der Waals surface area contributed by atoms with Gasteiger partial charge in [-0.15, -0.1) is 0 Å². The minimum absolute atomic E-state index is 0.0808. The van der Waals surface area contributed by atoms with Gasteiger partial charge < -0.3 is 14.7 Å². The summed E-state index contributed by atoms with van der Waals surface area (Å²) in [6.45, 7) is 1.71. The molecule has 6 nitrogen and oxygen atoms in total. The molecule has 0 aliphatic carbocycles. The Morgan fingerprint density at radius 3 is 2.29 bits per heavy atom. The van der Waals surface area contributed by atoms with Crippen LogP contribution in [0.25, 0.3) is 0 Å². The highest BCUT2D eigenvalue weighted by Crippen LogP contribution is 2.10. The van der Waals surface area contributed by atoms with E-state index in [9.17, 15) is 13.2 Å². The van der Waals surface area contributed by atoms with E-state index in [0.29, 0.717) is 31.9 Å². The van der Waals surface area contributed by atoms with E-state index in [-0.39, 0.29) is 18.3 Å². The number of rotatable bonds is 5. The van der Waals surface area contributed by atoms with Gasteiger partial charge in [-0.05, 0) is 11.1 Å². The lowest BCUT2D eigenvalue weighted by Gasteiger charge is -2.26. The maximum absolute atomic E-state index is 12.1. The van der Waals surface area contributed by atoms with Crippen LogP contribution in [0, 0.1) is 0 Å². The number of aliphatic hydroxyl groups excluding tert-OH is 1. The summed E-state index contributed by atoms with van der Waals surface area (Å²) in [7, 11) is -3.50. The lowest BCUT2D eigenvalue weighted by atomic mass is 10.2. The Bertz CT molecular complexity index is 576. The number of hydrogen-bond donors (Lipinski definition) is 1. The van der Waals surface area contributed by atoms with Crippen LogP contribution < -0.4 is 0 Å². The van der Waals surface area contributed by atoms with Crippen LogP contribution >= 0.6 is 0 Å². The average Bonchev–Trinajstić information content (AvgIpc) is 2.48. The molecule has 1 heterocycles. The second kappa shape index (κ2) is 7.02. The Morgan fingerprint density at radius 1 is 1.14 bits per heavy atom. The first-order valence-corrected chi connectivity index (χ1v) is 8.57. The summed E-state index contributed by atoms with van der Waals surface area (Å²) in [5.74, 6) is -1.02. The lowest BCUT2D eigenvalue weighted by molar-refractivity contribution is -0.132. The van der Waals surface area contributed by atoms with Gasteiger partial charge in [-0.1, -0.05) is 24.3 Å². The lowest BCUT2D eigenvalue weighted by Crippen LogP contribution is -2.43. The number of benzene rings is 1. The van der Waals surface area contributed by atoms with Gasteiger partial charge in [0.25, 0.3) is 0 Å². The van der Waals surface area contributed by atoms with E-state index in [0.717, 1.165) is 5.56 Å². The normalized spacial score (nSPS) is 16.0. The van der Waals surface area contributed by atoms with Crippen LogP contribution in [0.5, 0.6) is 0 Å². The molecule has 1 aliphatic heterocycles. The summed E-state index contributed by atoms with van der Waals surface area (Å²) in [6.07, 6.45) is 0. The van der Waals surface area contributed by atoms with E-state index >= 15 is 0 Å². The van der Waals surface area contributed by atoms with Crippen molar-refractivity contribution in [1.82, 2.24) is 4.90 Å². The first-order chi connectivity index (χ1) is 10.00. The molecule has 0 saturated carbocycles. The SMILES string of the molecule is O=C(CS(=O)(=O)Cc1ccc(CO)cc1)N1CCOCC1. The zero-order valence-corrected chi connectivity index (χ0v) is 12.5. The third-order valence-electron chi connectivity index (χ3n) is 3.30. The minimum Gasteiger partial charge on any atom is -0.392 e. The third-order valence-corrected chi connectivity index (χ3v) is 4.76. The number of morpholine rings is 1. The Kier molecular flexibility index (Phi) is 5.33. The topological polar surface area (TPSA) is 83.9 Å². The Labute approximate surface area is 124 Å². The van der Waals surface area contributed by atoms with Gasteiger partial charge in [0.1, 0.15) is 5.75 Å². The van der Waals surface area contributed by atoms with Gasteiger partial charge >= 0.3 is 0 Å². The fourth-order valence-corrected chi connectivity index (χ4v) is 3.50. The molecule has 0 unspecified atom stereocenters. The van der Waals surface area contributed by atoms with Gasteiger partial charge in [0.05, 0.1) is 25.6 Å². The van der Waals surface area contributed by atoms with Crippen molar-refractivity contribution >= 4 is 15.7 Å². The van der Waals surface area contributed by atoms with Gasteiger partial charge in [-0.2, -0.15) is 0 Å². The van der Waals surface area contributed by atoms with Crippen molar-refractivity contribution < 1.29 is 23.1 Å². The standard InChI is InChI=1S/C14H19NO5S/c16-9-12-1-3-13(4-2-12)10-21(18,19)11-14(17)15-5-7-20-8-6-15/h1-4,16H,5-11H2. The maximum atomic E-state index is 12.1. The molecule has 1 saturated heterocycles. The molecule has 1 fully saturated rings. The maximum Gasteiger partial charge on any atom is 0.237 e. The van der Waals surface area contributed by atoms with Crippen molar-refractivity contribution in [3.05, 3.63) is 35.4 Å². The molecule has 0 atom stereocenters. The van der Waals surface area contributed by atoms with E-state index in [4.69, 9.17) is 9.84 Å². The molecule has 21 heavy (non-hydrogen) atoms. The van der Waals surface area contributed by atoms with Crippen molar-refractivity contribution in [2.45, 2.75) is 12.4 Å². The average molecular weight is 313 g/mol. The van der Waals surface area contributed by atoms with Crippen LogP contribution in [-0.2, 0) is 31.7 Å². The van der Waals surface area contributed by atoms with Crippen LogP contribution in [0.1, 0.15) is 11.1 Å². The molecule has 0 aromatic heterocycles. The van der Waals surface area contributed by atoms with Gasteiger partial charge in [0, 0.05) is 13.1 Å². The molecule has 1 N–H and O–H groups in total. The molecule has 0 bridgehead atoms. The number of aliphatic hydroxyl groups is 1. The van der Waals surface area contributed by atoms with Gasteiger partial charge in [0.15, 0.2) is 9.84 Å². The zero-order valence-electron chi connectivity index (χ0n) is 11.7. The monoisotopic (exact) mass is 313 g/mol. The molecular formula is C14H19NO5S. The van der Waals surface area contributed by atoms with Crippen molar-refractivity contribution in [2.24, 2.45) is 0 Å². The number of carbonyl (C=O) groups is 1. The number of sulfone groups is 1. The van der Waals surface area contributed by atoms with E-state index in [1.54, 1.807) is 24.3 Å². The van der Waals surface area contributed by atoms with Gasteiger partial charge in [-0.3, -0.25) is 4.79 Å². The first kappa shape index (κ1) is 15.9. The molecule has 1 amide bonds. The molecule has 1 aromatic carbocycles. The van der Waals surface area contributed by atoms with Gasteiger partial charge in [-0.25, -0.2) is 8.42 Å². The Balaban J connectivity index is 1.95. The molecule has 1 aliphatic rings. The Hall–Kier alpha value is -1.44. The molecular weight excluding hydrogens is 294 g/mol. The van der Waals surface area contributed by atoms with Crippen LogP contribution in [0.2, 0.25) is 0 Å². The summed E-state index contributed by atoms with van der Waals surface area (Å²) in [5, 5.41) is 8.95. The quantitative estimate of drug-likeness (QED) is 0.824. The highest BCUT2D eigenvalue weighted by molar-refractivity contribution is 7.91. The van der Waals surface area contributed by atoms with Crippen molar-refractivity contribution in [3.8, 4) is 0 Å². The second-order valence-corrected chi connectivity index (χ2v) is 7.06. The summed E-state index contributed by atoms with van der Waals surface area (Å²) in [4.78, 5) is 13.5. The minimum atomic E-state index is -3.50. The Morgan fingerprint density at radius 2 is 1.71 bits per heavy atom. The van der Waals surface area contributed by atoms with Crippen molar-refractivity contribution in [1.29, 1.82) is 0 Å². The van der Waals surface area contributed by atoms with Crippen LogP contribution in [0.3, 0.4) is 0 Å². The van der Waals surface area contributed by atoms with E-state index in [1.807, 2.05) is 0 Å². The first-order valence-electron chi connectivity index (χ1n) is 6.75. The van der Waals surface area contributed by atoms with E-state index in [1.165, 1.54) is 4.90 Å². The molecule has 1 aromatic rings. The third kappa shape index (κ3) is 4.80. The van der Waals surface area contributed by atoms with Crippen molar-refractivity contribution in [3.63, 3.8) is 0 Å². The predicted molar refractivity (Wildman–Crippen MR) is 77.3 cm³/mol. The molecule has 116 valence electrons. The fourth-order valence-electron chi connectivity index (χ4n) is 2.14. The van der Waals surface area contributed by atoms with Crippen molar-refractivity contribution in [2.75, 3.05) is 32.1 Å². The van der Waals surface area contributed by atoms with E-state index < -0.39 is 15.6 Å². The second-order valence-electron chi connectivity index (χ2n) is 5.00. The predicted octanol–water partition coefficient (Wildman–Crippen LogP) is -0.0475. The molecule has 0 spiro atoms. The van der Waals surface area contributed by atoms with Crippen LogP contribution in [0.15, 0.2) is 24.3 Å². The smallest absolute Gasteiger partial charge is 0.237 e. The number of ether oxygens (including phenoxy) is 1. The molecule has 7 heteroatoms. The zero-order chi connectivity index (χ0) is 15.3. The highest BCUT2D eigenvalue weighted by Gasteiger charge is 2.23. The number of nitrogens with zero attached hydrogens (tertiary/aromatic N) is 1. The number of carbonyl (C=O) groups excluding carboxylic acids is 1. The fraction of sp³-hybridized carbons (Fsp3) is 0.500. The highest BCUT2D eigenvalue weighted by atomic mass is 32.2. The van der Waals surface area contributed by atoms with Crippen LogP contribution in [-0.4, -0.2) is 56.4 Å². The summed E-state index contributed by atoms with van der Waals surface area (Å²) < 4.78 is 29.3. The summed E-state index contributed by atoms with van der Waals surface area (Å²) >= 11 is 0. The summed E-state index contributed by atoms with van der Waals surface area (Å²) in [6, 6.07) is 6.66. The number of amides is 1. The number of hydrogen-bond acceptors (Lipinski definition) is 5. The summed E-state index contributed by atoms with van der Waals surface area (Å²) in [5.41, 5.74) is 1.34. The van der Waals surface area contributed by atoms with Crippen LogP contribution in [0.4, 0.5) is 0 Å². The molecule has 2 rings (SSSR count). The molecule has 0 radical (unpaired) electrons.